The number of aromatic nitrogens is 3. The smallest absolute Gasteiger partial charge is 0.272 e. The first-order chi connectivity index (χ1) is 16.8. The van der Waals surface area contributed by atoms with Crippen molar-refractivity contribution >= 4 is 40.6 Å². The standard InChI is InChI=1S/C23H29N9O3/c1-11-14(24)8-28-18(11)22(34)31-16-10-30-20(13(16)3)23(35)32-15-9-29-19(12(15)2)21(33)27-5-4-17-25-6-7-26-17/h8-10,28-30H,4-7,24H2,1-3H3,(H,25,26)(H,27,33)(H,31,34)(H,32,35). The van der Waals surface area contributed by atoms with E-state index in [1.54, 1.807) is 39.4 Å². The van der Waals surface area contributed by atoms with E-state index >= 15 is 0 Å². The third-order valence-corrected chi connectivity index (χ3v) is 6.03. The van der Waals surface area contributed by atoms with Gasteiger partial charge in [0.1, 0.15) is 17.1 Å². The first-order valence-corrected chi connectivity index (χ1v) is 11.2. The molecule has 12 nitrogen and oxygen atoms in total. The molecular formula is C23H29N9O3. The Bertz CT molecular complexity index is 1310. The van der Waals surface area contributed by atoms with Gasteiger partial charge in [-0.2, -0.15) is 0 Å². The SMILES string of the molecule is Cc1c(N)c[nH]c1C(=O)Nc1c[nH]c(C(=O)Nc2c[nH]c(C(=O)NCCC3=NCCN3)c2C)c1C. The monoisotopic (exact) mass is 479 g/mol. The molecule has 0 atom stereocenters. The van der Waals surface area contributed by atoms with Crippen molar-refractivity contribution in [2.75, 3.05) is 36.0 Å². The molecule has 9 N–H and O–H groups in total. The number of amides is 3. The summed E-state index contributed by atoms with van der Waals surface area (Å²) in [5, 5.41) is 11.6. The van der Waals surface area contributed by atoms with Crippen molar-refractivity contribution in [2.45, 2.75) is 27.2 Å². The van der Waals surface area contributed by atoms with E-state index in [1.165, 1.54) is 0 Å². The van der Waals surface area contributed by atoms with Crippen LogP contribution in [0.15, 0.2) is 23.6 Å². The molecule has 0 unspecified atom stereocenters. The molecule has 0 saturated heterocycles. The normalized spacial score (nSPS) is 12.7. The average molecular weight is 480 g/mol. The zero-order valence-electron chi connectivity index (χ0n) is 19.8. The number of carbonyl (C=O) groups is 3. The maximum absolute atomic E-state index is 12.9. The van der Waals surface area contributed by atoms with Crippen LogP contribution >= 0.6 is 0 Å². The number of aliphatic imine (C=N–C) groups is 1. The van der Waals surface area contributed by atoms with Crippen molar-refractivity contribution in [3.63, 3.8) is 0 Å². The van der Waals surface area contributed by atoms with Gasteiger partial charge in [-0.1, -0.05) is 0 Å². The van der Waals surface area contributed by atoms with Gasteiger partial charge in [-0.25, -0.2) is 0 Å². The number of nitrogen functional groups attached to an aromatic ring is 1. The summed E-state index contributed by atoms with van der Waals surface area (Å²) in [7, 11) is 0. The van der Waals surface area contributed by atoms with Crippen LogP contribution in [0.3, 0.4) is 0 Å². The second-order valence-corrected chi connectivity index (χ2v) is 8.32. The highest BCUT2D eigenvalue weighted by Crippen LogP contribution is 2.24. The summed E-state index contributed by atoms with van der Waals surface area (Å²) in [6, 6.07) is 0. The van der Waals surface area contributed by atoms with Crippen LogP contribution in [-0.4, -0.2) is 58.1 Å². The number of nitrogens with one attached hydrogen (secondary N) is 7. The Morgan fingerprint density at radius 3 is 1.91 bits per heavy atom. The van der Waals surface area contributed by atoms with Gasteiger partial charge in [0, 0.05) is 54.8 Å². The molecule has 0 bridgehead atoms. The van der Waals surface area contributed by atoms with E-state index in [4.69, 9.17) is 5.73 Å². The number of nitrogens with two attached hydrogens (primary N) is 1. The van der Waals surface area contributed by atoms with Gasteiger partial charge in [0.15, 0.2) is 0 Å². The first-order valence-electron chi connectivity index (χ1n) is 11.2. The van der Waals surface area contributed by atoms with Gasteiger partial charge in [0.2, 0.25) is 0 Å². The lowest BCUT2D eigenvalue weighted by Crippen LogP contribution is -2.29. The number of hydrogen-bond acceptors (Lipinski definition) is 6. The number of nitrogens with zero attached hydrogens (tertiary/aromatic N) is 1. The number of rotatable bonds is 8. The molecule has 3 aromatic heterocycles. The van der Waals surface area contributed by atoms with E-state index in [1.807, 2.05) is 0 Å². The number of hydrogen-bond donors (Lipinski definition) is 8. The van der Waals surface area contributed by atoms with Crippen LogP contribution in [0.1, 0.15) is 54.6 Å². The third kappa shape index (κ3) is 4.90. The van der Waals surface area contributed by atoms with Crippen molar-refractivity contribution < 1.29 is 14.4 Å². The van der Waals surface area contributed by atoms with Crippen LogP contribution in [0, 0.1) is 20.8 Å². The molecule has 0 aliphatic carbocycles. The Kier molecular flexibility index (Phi) is 6.62. The highest BCUT2D eigenvalue weighted by atomic mass is 16.2. The third-order valence-electron chi connectivity index (χ3n) is 6.03. The molecule has 184 valence electrons. The Balaban J connectivity index is 1.38. The number of anilines is 3. The van der Waals surface area contributed by atoms with Crippen molar-refractivity contribution in [1.29, 1.82) is 0 Å². The van der Waals surface area contributed by atoms with Crippen LogP contribution in [0.2, 0.25) is 0 Å². The van der Waals surface area contributed by atoms with E-state index in [0.717, 1.165) is 18.9 Å². The van der Waals surface area contributed by atoms with Crippen LogP contribution in [-0.2, 0) is 0 Å². The highest BCUT2D eigenvalue weighted by Gasteiger charge is 2.21. The van der Waals surface area contributed by atoms with Gasteiger partial charge < -0.3 is 42.0 Å². The number of H-pyrrole nitrogens is 3. The molecule has 0 radical (unpaired) electrons. The second-order valence-electron chi connectivity index (χ2n) is 8.32. The fraction of sp³-hybridized carbons (Fsp3) is 0.304. The lowest BCUT2D eigenvalue weighted by Gasteiger charge is -2.07. The summed E-state index contributed by atoms with van der Waals surface area (Å²) < 4.78 is 0. The molecule has 3 amide bonds. The van der Waals surface area contributed by atoms with E-state index < -0.39 is 5.91 Å². The molecule has 0 fully saturated rings. The van der Waals surface area contributed by atoms with Crippen LogP contribution in [0.4, 0.5) is 17.1 Å². The minimum Gasteiger partial charge on any atom is -0.397 e. The fourth-order valence-electron chi connectivity index (χ4n) is 3.84. The van der Waals surface area contributed by atoms with E-state index in [2.05, 4.69) is 41.2 Å². The topological polar surface area (TPSA) is 185 Å². The predicted molar refractivity (Wildman–Crippen MR) is 134 cm³/mol. The summed E-state index contributed by atoms with van der Waals surface area (Å²) in [6.07, 6.45) is 5.32. The molecule has 4 rings (SSSR count). The zero-order valence-corrected chi connectivity index (χ0v) is 19.8. The largest absolute Gasteiger partial charge is 0.397 e. The van der Waals surface area contributed by atoms with Crippen molar-refractivity contribution in [2.24, 2.45) is 4.99 Å². The van der Waals surface area contributed by atoms with Gasteiger partial charge in [0.25, 0.3) is 17.7 Å². The quantitative estimate of drug-likeness (QED) is 0.244. The zero-order chi connectivity index (χ0) is 25.1. The minimum atomic E-state index is -0.400. The Morgan fingerprint density at radius 1 is 0.857 bits per heavy atom. The van der Waals surface area contributed by atoms with Crippen LogP contribution in [0.25, 0.3) is 0 Å². The van der Waals surface area contributed by atoms with E-state index in [-0.39, 0.29) is 11.8 Å². The molecule has 3 aromatic rings. The summed E-state index contributed by atoms with van der Waals surface area (Å²) in [6.45, 7) is 7.27. The van der Waals surface area contributed by atoms with Crippen molar-refractivity contribution in [3.8, 4) is 0 Å². The summed E-state index contributed by atoms with van der Waals surface area (Å²) in [5.41, 5.74) is 10.1. The maximum atomic E-state index is 12.9. The van der Waals surface area contributed by atoms with Gasteiger partial charge >= 0.3 is 0 Å². The number of carbonyl (C=O) groups excluding carboxylic acids is 3. The molecule has 1 aliphatic rings. The van der Waals surface area contributed by atoms with E-state index in [0.29, 0.717) is 63.8 Å². The second kappa shape index (κ2) is 9.79. The highest BCUT2D eigenvalue weighted by molar-refractivity contribution is 6.09. The Hall–Kier alpha value is -4.48. The average Bonchev–Trinajstić information content (AvgIpc) is 3.61. The molecule has 1 aliphatic heterocycles. The molecule has 35 heavy (non-hydrogen) atoms. The predicted octanol–water partition coefficient (Wildman–Crippen LogP) is 1.80. The van der Waals surface area contributed by atoms with Gasteiger partial charge in [-0.05, 0) is 20.8 Å². The van der Waals surface area contributed by atoms with Gasteiger partial charge in [-0.3, -0.25) is 19.4 Å². The Labute approximate surface area is 201 Å². The molecule has 0 aromatic carbocycles. The lowest BCUT2D eigenvalue weighted by molar-refractivity contribution is 0.0948. The summed E-state index contributed by atoms with van der Waals surface area (Å²) >= 11 is 0. The van der Waals surface area contributed by atoms with E-state index in [9.17, 15) is 14.4 Å². The van der Waals surface area contributed by atoms with Crippen LogP contribution < -0.4 is 27.0 Å². The van der Waals surface area contributed by atoms with Gasteiger partial charge in [-0.15, -0.1) is 0 Å². The lowest BCUT2D eigenvalue weighted by atomic mass is 10.2. The molecule has 12 heteroatoms. The van der Waals surface area contributed by atoms with Gasteiger partial charge in [0.05, 0.1) is 29.4 Å². The summed E-state index contributed by atoms with van der Waals surface area (Å²) in [4.78, 5) is 51.0. The number of aromatic amines is 3. The van der Waals surface area contributed by atoms with Crippen molar-refractivity contribution in [3.05, 3.63) is 52.4 Å². The molecular weight excluding hydrogens is 450 g/mol. The first kappa shape index (κ1) is 23.7. The molecule has 0 saturated carbocycles. The maximum Gasteiger partial charge on any atom is 0.272 e. The van der Waals surface area contributed by atoms with Crippen LogP contribution in [0.5, 0.6) is 0 Å². The fourth-order valence-corrected chi connectivity index (χ4v) is 3.84. The molecule has 0 spiro atoms. The summed E-state index contributed by atoms with van der Waals surface area (Å²) in [5.74, 6) is -0.128. The number of amidine groups is 1. The van der Waals surface area contributed by atoms with Crippen molar-refractivity contribution in [1.82, 2.24) is 25.6 Å². The molecule has 4 heterocycles. The minimum absolute atomic E-state index is 0.261. The Morgan fingerprint density at radius 2 is 1.40 bits per heavy atom.